The summed E-state index contributed by atoms with van der Waals surface area (Å²) in [6.07, 6.45) is 3.36. The lowest BCUT2D eigenvalue weighted by Gasteiger charge is -2.19. The van der Waals surface area contributed by atoms with Crippen LogP contribution in [0.4, 0.5) is 0 Å². The highest BCUT2D eigenvalue weighted by molar-refractivity contribution is 8.19. The maximum absolute atomic E-state index is 11.7. The number of thioether (sulfide) groups is 2. The first-order chi connectivity index (χ1) is 6.04. The van der Waals surface area contributed by atoms with Gasteiger partial charge in [-0.1, -0.05) is 0 Å². The molecule has 0 saturated heterocycles. The smallest absolute Gasteiger partial charge is 0.223 e. The molecule has 0 amide bonds. The SMILES string of the molecule is COC(SC)S(=O)(=O)C(OC)SC. The third kappa shape index (κ3) is 3.32. The monoisotopic (exact) mass is 246 g/mol. The third-order valence-corrected chi connectivity index (χ3v) is 6.68. The van der Waals surface area contributed by atoms with Gasteiger partial charge >= 0.3 is 0 Å². The first-order valence-corrected chi connectivity index (χ1v) is 7.57. The Kier molecular flexibility index (Phi) is 6.40. The van der Waals surface area contributed by atoms with Gasteiger partial charge in [0.15, 0.2) is 0 Å². The van der Waals surface area contributed by atoms with Crippen LogP contribution in [0.1, 0.15) is 0 Å². The summed E-state index contributed by atoms with van der Waals surface area (Å²) in [5.74, 6) is 0. The fourth-order valence-electron chi connectivity index (χ4n) is 0.820. The third-order valence-electron chi connectivity index (χ3n) is 1.31. The van der Waals surface area contributed by atoms with Crippen LogP contribution < -0.4 is 0 Å². The minimum Gasteiger partial charge on any atom is -0.356 e. The molecule has 0 spiro atoms. The van der Waals surface area contributed by atoms with Crippen LogP contribution in [0.2, 0.25) is 0 Å². The molecule has 2 atom stereocenters. The molecule has 0 fully saturated rings. The number of methoxy groups -OCH3 is 2. The summed E-state index contributed by atoms with van der Waals surface area (Å²) < 4.78 is 31.3. The zero-order valence-corrected chi connectivity index (χ0v) is 10.5. The van der Waals surface area contributed by atoms with Crippen molar-refractivity contribution in [3.05, 3.63) is 0 Å². The Bertz CT molecular complexity index is 200. The van der Waals surface area contributed by atoms with Crippen molar-refractivity contribution in [2.24, 2.45) is 0 Å². The Balaban J connectivity index is 4.71. The number of hydrogen-bond acceptors (Lipinski definition) is 6. The number of rotatable bonds is 6. The van der Waals surface area contributed by atoms with Crippen molar-refractivity contribution in [3.8, 4) is 0 Å². The van der Waals surface area contributed by atoms with Gasteiger partial charge in [0.2, 0.25) is 19.4 Å². The molecule has 0 rings (SSSR count). The molecule has 0 aromatic heterocycles. The summed E-state index contributed by atoms with van der Waals surface area (Å²) in [6, 6.07) is 0. The van der Waals surface area contributed by atoms with Crippen molar-refractivity contribution in [2.75, 3.05) is 26.7 Å². The summed E-state index contributed by atoms with van der Waals surface area (Å²) in [6.45, 7) is 0. The zero-order valence-electron chi connectivity index (χ0n) is 8.01. The summed E-state index contributed by atoms with van der Waals surface area (Å²) in [5, 5.41) is 0. The van der Waals surface area contributed by atoms with Gasteiger partial charge in [0.05, 0.1) is 0 Å². The molecule has 2 unspecified atom stereocenters. The molecule has 0 aliphatic carbocycles. The molecular formula is C6H14O4S3. The van der Waals surface area contributed by atoms with E-state index in [1.54, 1.807) is 12.5 Å². The van der Waals surface area contributed by atoms with E-state index in [-0.39, 0.29) is 0 Å². The van der Waals surface area contributed by atoms with E-state index in [9.17, 15) is 8.42 Å². The molecule has 0 bridgehead atoms. The van der Waals surface area contributed by atoms with E-state index in [4.69, 9.17) is 9.47 Å². The maximum atomic E-state index is 11.7. The van der Waals surface area contributed by atoms with Crippen LogP contribution in [0, 0.1) is 0 Å². The fraction of sp³-hybridized carbons (Fsp3) is 1.00. The first kappa shape index (κ1) is 13.6. The lowest BCUT2D eigenvalue weighted by atomic mass is 11.5. The van der Waals surface area contributed by atoms with E-state index < -0.39 is 19.4 Å². The lowest BCUT2D eigenvalue weighted by molar-refractivity contribution is 0.199. The Morgan fingerprint density at radius 1 is 1.00 bits per heavy atom. The molecule has 0 aromatic rings. The van der Waals surface area contributed by atoms with Crippen LogP contribution in [0.3, 0.4) is 0 Å². The van der Waals surface area contributed by atoms with E-state index in [1.807, 2.05) is 0 Å². The van der Waals surface area contributed by atoms with Crippen molar-refractivity contribution in [2.45, 2.75) is 9.54 Å². The predicted molar refractivity (Wildman–Crippen MR) is 57.5 cm³/mol. The van der Waals surface area contributed by atoms with Crippen LogP contribution in [0.15, 0.2) is 0 Å². The van der Waals surface area contributed by atoms with E-state index in [2.05, 4.69) is 0 Å². The average Bonchev–Trinajstić information content (AvgIpc) is 2.07. The molecule has 7 heteroatoms. The first-order valence-electron chi connectivity index (χ1n) is 3.38. The van der Waals surface area contributed by atoms with Gasteiger partial charge in [-0.05, 0) is 12.5 Å². The van der Waals surface area contributed by atoms with Gasteiger partial charge in [0.25, 0.3) is 0 Å². The minimum absolute atomic E-state index is 0.857. The lowest BCUT2D eigenvalue weighted by Crippen LogP contribution is -2.30. The summed E-state index contributed by atoms with van der Waals surface area (Å²) in [7, 11) is -0.648. The van der Waals surface area contributed by atoms with Crippen molar-refractivity contribution in [1.82, 2.24) is 0 Å². The summed E-state index contributed by atoms with van der Waals surface area (Å²) >= 11 is 2.26. The van der Waals surface area contributed by atoms with Crippen LogP contribution in [-0.2, 0) is 19.3 Å². The summed E-state index contributed by atoms with van der Waals surface area (Å²) in [5.41, 5.74) is 0. The molecule has 0 radical (unpaired) electrons. The van der Waals surface area contributed by atoms with Gasteiger partial charge in [0, 0.05) is 14.2 Å². The average molecular weight is 246 g/mol. The highest BCUT2D eigenvalue weighted by atomic mass is 32.3. The predicted octanol–water partition coefficient (Wildman–Crippen LogP) is 0.987. The molecule has 0 aromatic carbocycles. The standard InChI is InChI=1S/C6H14O4S3/c1-9-5(11-3)13(7,8)6(10-2)12-4/h5-6H,1-4H3. The van der Waals surface area contributed by atoms with Gasteiger partial charge in [-0.15, -0.1) is 23.5 Å². The number of hydrogen-bond donors (Lipinski definition) is 0. The molecule has 0 saturated carbocycles. The van der Waals surface area contributed by atoms with Crippen LogP contribution in [-0.4, -0.2) is 44.7 Å². The van der Waals surface area contributed by atoms with E-state index in [0.717, 1.165) is 23.5 Å². The summed E-state index contributed by atoms with van der Waals surface area (Å²) in [4.78, 5) is 0. The normalized spacial score (nSPS) is 16.9. The molecule has 80 valence electrons. The van der Waals surface area contributed by atoms with Gasteiger partial charge in [-0.2, -0.15) is 0 Å². The van der Waals surface area contributed by atoms with Crippen LogP contribution >= 0.6 is 23.5 Å². The van der Waals surface area contributed by atoms with Crippen molar-refractivity contribution in [3.63, 3.8) is 0 Å². The zero-order chi connectivity index (χ0) is 10.5. The second kappa shape index (κ2) is 6.13. The van der Waals surface area contributed by atoms with Crippen molar-refractivity contribution < 1.29 is 17.9 Å². The van der Waals surface area contributed by atoms with E-state index >= 15 is 0 Å². The molecule has 0 aliphatic rings. The Labute approximate surface area is 87.7 Å². The van der Waals surface area contributed by atoms with Gasteiger partial charge in [-0.3, -0.25) is 0 Å². The fourth-order valence-corrected chi connectivity index (χ4v) is 4.88. The molecule has 0 N–H and O–H groups in total. The van der Waals surface area contributed by atoms with E-state index in [1.165, 1.54) is 14.2 Å². The quantitative estimate of drug-likeness (QED) is 0.651. The minimum atomic E-state index is -3.38. The second-order valence-electron chi connectivity index (χ2n) is 2.11. The van der Waals surface area contributed by atoms with Gasteiger partial charge < -0.3 is 9.47 Å². The second-order valence-corrected chi connectivity index (χ2v) is 6.54. The topological polar surface area (TPSA) is 52.6 Å². The highest BCUT2D eigenvalue weighted by Gasteiger charge is 2.33. The molecule has 0 aliphatic heterocycles. The molecule has 0 heterocycles. The van der Waals surface area contributed by atoms with Gasteiger partial charge in [0.1, 0.15) is 0 Å². The number of ether oxygens (including phenoxy) is 2. The van der Waals surface area contributed by atoms with Crippen molar-refractivity contribution >= 4 is 33.4 Å². The molecule has 13 heavy (non-hydrogen) atoms. The van der Waals surface area contributed by atoms with Gasteiger partial charge in [-0.25, -0.2) is 8.42 Å². The Morgan fingerprint density at radius 2 is 1.31 bits per heavy atom. The Hall–Kier alpha value is 0.570. The molecule has 4 nitrogen and oxygen atoms in total. The van der Waals surface area contributed by atoms with Crippen LogP contribution in [0.25, 0.3) is 0 Å². The maximum Gasteiger partial charge on any atom is 0.223 e. The number of sulfone groups is 1. The largest absolute Gasteiger partial charge is 0.356 e. The highest BCUT2D eigenvalue weighted by Crippen LogP contribution is 2.25. The van der Waals surface area contributed by atoms with Crippen LogP contribution in [0.5, 0.6) is 0 Å². The van der Waals surface area contributed by atoms with E-state index in [0.29, 0.717) is 0 Å². The molecular weight excluding hydrogens is 232 g/mol. The van der Waals surface area contributed by atoms with Crippen molar-refractivity contribution in [1.29, 1.82) is 0 Å². The Morgan fingerprint density at radius 3 is 1.46 bits per heavy atom.